The number of thioether (sulfide) groups is 1. The number of hydrogen-bond acceptors (Lipinski definition) is 3. The third-order valence-corrected chi connectivity index (χ3v) is 4.40. The van der Waals surface area contributed by atoms with Crippen molar-refractivity contribution in [2.45, 2.75) is 18.1 Å². The Morgan fingerprint density at radius 3 is 3.11 bits per heavy atom. The fourth-order valence-electron chi connectivity index (χ4n) is 1.87. The molecule has 2 rings (SSSR count). The van der Waals surface area contributed by atoms with Crippen molar-refractivity contribution in [2.24, 2.45) is 5.73 Å². The molecule has 1 heterocycles. The van der Waals surface area contributed by atoms with Crippen molar-refractivity contribution in [3.8, 4) is 11.8 Å². The Morgan fingerprint density at radius 2 is 2.42 bits per heavy atom. The molecule has 1 atom stereocenters. The Labute approximate surface area is 122 Å². The molecule has 19 heavy (non-hydrogen) atoms. The van der Waals surface area contributed by atoms with Crippen LogP contribution in [0.5, 0.6) is 0 Å². The van der Waals surface area contributed by atoms with Crippen molar-refractivity contribution in [3.05, 3.63) is 28.8 Å². The van der Waals surface area contributed by atoms with Crippen LogP contribution in [0.4, 0.5) is 5.69 Å². The molecule has 0 aliphatic carbocycles. The van der Waals surface area contributed by atoms with Crippen LogP contribution in [-0.4, -0.2) is 23.5 Å². The summed E-state index contributed by atoms with van der Waals surface area (Å²) >= 11 is 7.65. The zero-order valence-corrected chi connectivity index (χ0v) is 12.0. The van der Waals surface area contributed by atoms with Gasteiger partial charge in [-0.1, -0.05) is 23.4 Å². The molecule has 1 saturated heterocycles. The van der Waals surface area contributed by atoms with E-state index in [1.165, 1.54) is 0 Å². The summed E-state index contributed by atoms with van der Waals surface area (Å²) in [6.45, 7) is 0.276. The lowest BCUT2D eigenvalue weighted by molar-refractivity contribution is -0.115. The van der Waals surface area contributed by atoms with E-state index in [9.17, 15) is 4.79 Å². The summed E-state index contributed by atoms with van der Waals surface area (Å²) in [5.41, 5.74) is 6.77. The minimum Gasteiger partial charge on any atom is -0.324 e. The summed E-state index contributed by atoms with van der Waals surface area (Å²) in [7, 11) is 0. The van der Waals surface area contributed by atoms with Gasteiger partial charge < -0.3 is 11.1 Å². The molecule has 100 valence electrons. The molecule has 0 bridgehead atoms. The molecule has 1 fully saturated rings. The Bertz CT molecular complexity index is 530. The van der Waals surface area contributed by atoms with Gasteiger partial charge in [-0.15, -0.1) is 11.8 Å². The van der Waals surface area contributed by atoms with Gasteiger partial charge in [0.1, 0.15) is 0 Å². The molecule has 1 aliphatic heterocycles. The predicted molar refractivity (Wildman–Crippen MR) is 81.5 cm³/mol. The van der Waals surface area contributed by atoms with Gasteiger partial charge in [0.2, 0.25) is 5.91 Å². The van der Waals surface area contributed by atoms with Gasteiger partial charge >= 0.3 is 0 Å². The van der Waals surface area contributed by atoms with Crippen LogP contribution in [0.3, 0.4) is 0 Å². The molecule has 5 heteroatoms. The topological polar surface area (TPSA) is 55.1 Å². The first-order valence-electron chi connectivity index (χ1n) is 6.11. The maximum Gasteiger partial charge on any atom is 0.237 e. The second-order valence-corrected chi connectivity index (χ2v) is 5.93. The first kappa shape index (κ1) is 14.3. The Morgan fingerprint density at radius 1 is 1.58 bits per heavy atom. The van der Waals surface area contributed by atoms with Crippen LogP contribution in [0.1, 0.15) is 18.4 Å². The highest BCUT2D eigenvalue weighted by Gasteiger charge is 2.23. The third-order valence-electron chi connectivity index (χ3n) is 2.79. The SMILES string of the molecule is NCC#Cc1cc(Cl)ccc1NC(=O)C1CCCS1. The van der Waals surface area contributed by atoms with E-state index < -0.39 is 0 Å². The monoisotopic (exact) mass is 294 g/mol. The minimum atomic E-state index is 0.0422. The highest BCUT2D eigenvalue weighted by atomic mass is 35.5. The fourth-order valence-corrected chi connectivity index (χ4v) is 3.21. The van der Waals surface area contributed by atoms with Gasteiger partial charge in [0.25, 0.3) is 0 Å². The standard InChI is InChI=1S/C14H15ClN2OS/c15-11-5-6-12(10(9-11)3-1-7-16)17-14(18)13-4-2-8-19-13/h5-6,9,13H,2,4,7-8,16H2,(H,17,18). The molecular weight excluding hydrogens is 280 g/mol. The quantitative estimate of drug-likeness (QED) is 0.824. The van der Waals surface area contributed by atoms with Crippen LogP contribution in [0.25, 0.3) is 0 Å². The fraction of sp³-hybridized carbons (Fsp3) is 0.357. The summed E-state index contributed by atoms with van der Waals surface area (Å²) in [5, 5.41) is 3.57. The van der Waals surface area contributed by atoms with E-state index in [4.69, 9.17) is 17.3 Å². The third kappa shape index (κ3) is 3.90. The number of nitrogens with one attached hydrogen (secondary N) is 1. The molecule has 0 spiro atoms. The van der Waals surface area contributed by atoms with Crippen LogP contribution >= 0.6 is 23.4 Å². The number of carbonyl (C=O) groups excluding carboxylic acids is 1. The van der Waals surface area contributed by atoms with Crippen molar-refractivity contribution < 1.29 is 4.79 Å². The number of hydrogen-bond donors (Lipinski definition) is 2. The van der Waals surface area contributed by atoms with Gasteiger partial charge in [0.15, 0.2) is 0 Å². The lowest BCUT2D eigenvalue weighted by Crippen LogP contribution is -2.23. The van der Waals surface area contributed by atoms with Crippen LogP contribution in [-0.2, 0) is 4.79 Å². The maximum absolute atomic E-state index is 12.1. The first-order chi connectivity index (χ1) is 9.20. The smallest absolute Gasteiger partial charge is 0.237 e. The van der Waals surface area contributed by atoms with Gasteiger partial charge in [0.05, 0.1) is 17.5 Å². The number of nitrogens with two attached hydrogens (primary N) is 1. The van der Waals surface area contributed by atoms with Gasteiger partial charge in [0, 0.05) is 10.6 Å². The number of rotatable bonds is 2. The second-order valence-electron chi connectivity index (χ2n) is 4.19. The summed E-state index contributed by atoms with van der Waals surface area (Å²) in [5.74, 6) is 6.80. The summed E-state index contributed by atoms with van der Waals surface area (Å²) in [4.78, 5) is 12.1. The van der Waals surface area contributed by atoms with Crippen molar-refractivity contribution in [1.29, 1.82) is 0 Å². The van der Waals surface area contributed by atoms with Crippen molar-refractivity contribution in [3.63, 3.8) is 0 Å². The van der Waals surface area contributed by atoms with Gasteiger partial charge in [-0.05, 0) is 36.8 Å². The molecule has 3 nitrogen and oxygen atoms in total. The number of benzene rings is 1. The van der Waals surface area contributed by atoms with E-state index >= 15 is 0 Å². The predicted octanol–water partition coefficient (Wildman–Crippen LogP) is 2.48. The summed E-state index contributed by atoms with van der Waals surface area (Å²) in [6.07, 6.45) is 2.04. The lowest BCUT2D eigenvalue weighted by atomic mass is 10.1. The molecule has 1 aromatic rings. The molecule has 0 aromatic heterocycles. The van der Waals surface area contributed by atoms with E-state index in [0.29, 0.717) is 16.3 Å². The van der Waals surface area contributed by atoms with E-state index in [-0.39, 0.29) is 17.7 Å². The van der Waals surface area contributed by atoms with E-state index in [0.717, 1.165) is 18.6 Å². The Kier molecular flexibility index (Phi) is 5.15. The Balaban J connectivity index is 2.16. The molecule has 1 amide bonds. The number of carbonyl (C=O) groups is 1. The molecule has 0 saturated carbocycles. The van der Waals surface area contributed by atoms with Crippen LogP contribution < -0.4 is 11.1 Å². The summed E-state index contributed by atoms with van der Waals surface area (Å²) in [6, 6.07) is 5.26. The molecular formula is C14H15ClN2OS. The van der Waals surface area contributed by atoms with Crippen LogP contribution in [0, 0.1) is 11.8 Å². The highest BCUT2D eigenvalue weighted by molar-refractivity contribution is 8.00. The molecule has 1 aliphatic rings. The number of amides is 1. The second kappa shape index (κ2) is 6.85. The lowest BCUT2D eigenvalue weighted by Gasteiger charge is -2.11. The van der Waals surface area contributed by atoms with Crippen LogP contribution in [0.15, 0.2) is 18.2 Å². The van der Waals surface area contributed by atoms with Gasteiger partial charge in [-0.25, -0.2) is 0 Å². The van der Waals surface area contributed by atoms with Gasteiger partial charge in [-0.3, -0.25) is 4.79 Å². The zero-order chi connectivity index (χ0) is 13.7. The van der Waals surface area contributed by atoms with Crippen molar-refractivity contribution in [2.75, 3.05) is 17.6 Å². The maximum atomic E-state index is 12.1. The van der Waals surface area contributed by atoms with Crippen molar-refractivity contribution in [1.82, 2.24) is 0 Å². The highest BCUT2D eigenvalue weighted by Crippen LogP contribution is 2.28. The van der Waals surface area contributed by atoms with E-state index in [1.54, 1.807) is 30.0 Å². The number of anilines is 1. The van der Waals surface area contributed by atoms with Crippen LogP contribution in [0.2, 0.25) is 5.02 Å². The minimum absolute atomic E-state index is 0.0422. The normalized spacial score (nSPS) is 17.7. The average molecular weight is 295 g/mol. The Hall–Kier alpha value is -1.15. The largest absolute Gasteiger partial charge is 0.324 e. The average Bonchev–Trinajstić information content (AvgIpc) is 2.93. The van der Waals surface area contributed by atoms with E-state index in [2.05, 4.69) is 17.2 Å². The molecule has 1 aromatic carbocycles. The van der Waals surface area contributed by atoms with Crippen molar-refractivity contribution >= 4 is 35.0 Å². The van der Waals surface area contributed by atoms with E-state index in [1.807, 2.05) is 0 Å². The number of halogens is 1. The zero-order valence-electron chi connectivity index (χ0n) is 10.4. The summed E-state index contributed by atoms with van der Waals surface area (Å²) < 4.78 is 0. The molecule has 1 unspecified atom stereocenters. The molecule has 0 radical (unpaired) electrons. The molecule has 3 N–H and O–H groups in total. The van der Waals surface area contributed by atoms with Gasteiger partial charge in [-0.2, -0.15) is 0 Å². The first-order valence-corrected chi connectivity index (χ1v) is 7.54.